The quantitative estimate of drug-likeness (QED) is 0.263. The minimum Gasteiger partial charge on any atom is -0.497 e. The number of thiophene rings is 1. The normalized spacial score (nSPS) is 20.2. The molecule has 0 amide bonds. The van der Waals surface area contributed by atoms with Crippen molar-refractivity contribution in [1.29, 1.82) is 0 Å². The Hall–Kier alpha value is -1.52. The van der Waals surface area contributed by atoms with Gasteiger partial charge < -0.3 is 20.1 Å². The Bertz CT molecular complexity index is 847. The maximum Gasteiger partial charge on any atom is 0.191 e. The summed E-state index contributed by atoms with van der Waals surface area (Å²) < 4.78 is 11.0. The molecule has 1 aromatic heterocycles. The molecular formula is C24H37IN4O2S. The summed E-state index contributed by atoms with van der Waals surface area (Å²) in [6, 6.07) is 10.7. The number of benzene rings is 1. The Labute approximate surface area is 213 Å². The molecule has 178 valence electrons. The van der Waals surface area contributed by atoms with E-state index in [2.05, 4.69) is 53.9 Å². The van der Waals surface area contributed by atoms with E-state index in [-0.39, 0.29) is 30.0 Å². The van der Waals surface area contributed by atoms with Crippen LogP contribution < -0.4 is 20.1 Å². The van der Waals surface area contributed by atoms with Gasteiger partial charge in [-0.2, -0.15) is 0 Å². The molecule has 1 aliphatic heterocycles. The lowest BCUT2D eigenvalue weighted by Gasteiger charge is -2.38. The molecule has 3 atom stereocenters. The number of likely N-dealkylation sites (tertiary alicyclic amines) is 1. The van der Waals surface area contributed by atoms with Crippen molar-refractivity contribution in [1.82, 2.24) is 15.5 Å². The van der Waals surface area contributed by atoms with Crippen LogP contribution >= 0.6 is 35.3 Å². The van der Waals surface area contributed by atoms with E-state index in [9.17, 15) is 0 Å². The van der Waals surface area contributed by atoms with E-state index in [1.165, 1.54) is 17.7 Å². The first kappa shape index (κ1) is 26.7. The fourth-order valence-corrected chi connectivity index (χ4v) is 5.33. The van der Waals surface area contributed by atoms with Crippen molar-refractivity contribution in [3.05, 3.63) is 46.2 Å². The molecule has 0 aliphatic carbocycles. The number of piperidine rings is 1. The van der Waals surface area contributed by atoms with Gasteiger partial charge in [-0.3, -0.25) is 9.89 Å². The van der Waals surface area contributed by atoms with Crippen molar-refractivity contribution in [3.63, 3.8) is 0 Å². The molecule has 1 aliphatic rings. The Morgan fingerprint density at radius 2 is 2.09 bits per heavy atom. The van der Waals surface area contributed by atoms with Gasteiger partial charge in [-0.05, 0) is 75.8 Å². The van der Waals surface area contributed by atoms with Gasteiger partial charge in [-0.15, -0.1) is 35.3 Å². The number of aliphatic imine (C=N–C) groups is 1. The molecule has 2 heterocycles. The number of nitrogens with zero attached hydrogens (tertiary/aromatic N) is 2. The lowest BCUT2D eigenvalue weighted by Crippen LogP contribution is -2.41. The Kier molecular flexibility index (Phi) is 11.1. The Morgan fingerprint density at radius 3 is 2.75 bits per heavy atom. The number of hydrogen-bond acceptors (Lipinski definition) is 5. The third-order valence-corrected chi connectivity index (χ3v) is 6.87. The molecule has 0 saturated carbocycles. The average molecular weight is 573 g/mol. The topological polar surface area (TPSA) is 58.1 Å². The second kappa shape index (κ2) is 13.3. The number of methoxy groups -OCH3 is 2. The van der Waals surface area contributed by atoms with Crippen molar-refractivity contribution < 1.29 is 9.47 Å². The van der Waals surface area contributed by atoms with Crippen LogP contribution in [0.15, 0.2) is 40.7 Å². The van der Waals surface area contributed by atoms with Gasteiger partial charge in [0.15, 0.2) is 5.96 Å². The number of ether oxygens (including phenoxy) is 2. The van der Waals surface area contributed by atoms with E-state index in [1.807, 2.05) is 29.5 Å². The zero-order valence-corrected chi connectivity index (χ0v) is 22.9. The monoisotopic (exact) mass is 572 g/mol. The average Bonchev–Trinajstić information content (AvgIpc) is 3.31. The Balaban J connectivity index is 0.00000363. The molecular weight excluding hydrogens is 535 g/mol. The summed E-state index contributed by atoms with van der Waals surface area (Å²) in [5, 5.41) is 9.13. The van der Waals surface area contributed by atoms with Crippen LogP contribution in [0.2, 0.25) is 0 Å². The second-order valence-corrected chi connectivity index (χ2v) is 9.02. The van der Waals surface area contributed by atoms with E-state index in [0.29, 0.717) is 12.0 Å². The summed E-state index contributed by atoms with van der Waals surface area (Å²) in [4.78, 5) is 8.92. The smallest absolute Gasteiger partial charge is 0.191 e. The van der Waals surface area contributed by atoms with E-state index in [1.54, 1.807) is 14.2 Å². The van der Waals surface area contributed by atoms with E-state index in [4.69, 9.17) is 14.5 Å². The summed E-state index contributed by atoms with van der Waals surface area (Å²) in [6.07, 6.45) is 2.43. The van der Waals surface area contributed by atoms with E-state index < -0.39 is 0 Å². The van der Waals surface area contributed by atoms with Gasteiger partial charge in [0, 0.05) is 29.6 Å². The SMILES string of the molecule is CCNC(=NCC1CCCN(C)C1c1cccs1)NC(C)c1cc(OC)ccc1OC.I. The van der Waals surface area contributed by atoms with Gasteiger partial charge in [-0.1, -0.05) is 6.07 Å². The van der Waals surface area contributed by atoms with Crippen molar-refractivity contribution in [2.45, 2.75) is 38.8 Å². The van der Waals surface area contributed by atoms with Crippen LogP contribution in [0.3, 0.4) is 0 Å². The summed E-state index contributed by atoms with van der Waals surface area (Å²) in [5.41, 5.74) is 1.04. The predicted octanol–water partition coefficient (Wildman–Crippen LogP) is 5.08. The van der Waals surface area contributed by atoms with E-state index in [0.717, 1.165) is 42.7 Å². The third kappa shape index (κ3) is 6.74. The van der Waals surface area contributed by atoms with Crippen LogP contribution in [-0.2, 0) is 0 Å². The molecule has 3 rings (SSSR count). The van der Waals surface area contributed by atoms with Crippen LogP contribution in [0, 0.1) is 5.92 Å². The van der Waals surface area contributed by atoms with Gasteiger partial charge in [0.2, 0.25) is 0 Å². The molecule has 32 heavy (non-hydrogen) atoms. The van der Waals surface area contributed by atoms with Crippen LogP contribution in [0.5, 0.6) is 11.5 Å². The summed E-state index contributed by atoms with van der Waals surface area (Å²) >= 11 is 1.85. The van der Waals surface area contributed by atoms with E-state index >= 15 is 0 Å². The minimum atomic E-state index is 0. The molecule has 3 unspecified atom stereocenters. The molecule has 1 saturated heterocycles. The van der Waals surface area contributed by atoms with Crippen molar-refractivity contribution in [3.8, 4) is 11.5 Å². The lowest BCUT2D eigenvalue weighted by molar-refractivity contribution is 0.128. The number of guanidine groups is 1. The highest BCUT2D eigenvalue weighted by atomic mass is 127. The van der Waals surface area contributed by atoms with Crippen molar-refractivity contribution in [2.24, 2.45) is 10.9 Å². The number of halogens is 1. The second-order valence-electron chi connectivity index (χ2n) is 8.04. The molecule has 2 N–H and O–H groups in total. The summed E-state index contributed by atoms with van der Waals surface area (Å²) in [7, 11) is 5.61. The van der Waals surface area contributed by atoms with Gasteiger partial charge in [0.05, 0.1) is 20.3 Å². The molecule has 8 heteroatoms. The number of hydrogen-bond donors (Lipinski definition) is 2. The van der Waals surface area contributed by atoms with Crippen LogP contribution in [0.4, 0.5) is 0 Å². The standard InChI is InChI=1S/C24H36N4O2S.HI/c1-6-25-24(27-17(2)20-15-19(29-4)11-12-21(20)30-5)26-16-18-9-7-13-28(3)23(18)22-10-8-14-31-22;/h8,10-12,14-15,17-18,23H,6-7,9,13,16H2,1-5H3,(H2,25,26,27);1H. The first-order valence-corrected chi connectivity index (χ1v) is 12.0. The maximum atomic E-state index is 5.57. The fraction of sp³-hybridized carbons (Fsp3) is 0.542. The summed E-state index contributed by atoms with van der Waals surface area (Å²) in [5.74, 6) is 2.99. The lowest BCUT2D eigenvalue weighted by atomic mass is 9.88. The largest absolute Gasteiger partial charge is 0.497 e. The maximum absolute atomic E-state index is 5.57. The predicted molar refractivity (Wildman–Crippen MR) is 145 cm³/mol. The first-order valence-electron chi connectivity index (χ1n) is 11.1. The summed E-state index contributed by atoms with van der Waals surface area (Å²) in [6.45, 7) is 6.97. The highest BCUT2D eigenvalue weighted by Gasteiger charge is 2.31. The molecule has 0 spiro atoms. The molecule has 6 nitrogen and oxygen atoms in total. The fourth-order valence-electron chi connectivity index (χ4n) is 4.35. The van der Waals surface area contributed by atoms with Gasteiger partial charge in [-0.25, -0.2) is 0 Å². The number of nitrogens with one attached hydrogen (secondary N) is 2. The van der Waals surface area contributed by atoms with Crippen LogP contribution in [0.1, 0.15) is 49.2 Å². The highest BCUT2D eigenvalue weighted by Crippen LogP contribution is 2.37. The molecule has 1 fully saturated rings. The molecule has 2 aromatic rings. The number of rotatable bonds is 8. The highest BCUT2D eigenvalue weighted by molar-refractivity contribution is 14.0. The van der Waals surface area contributed by atoms with Gasteiger partial charge in [0.1, 0.15) is 11.5 Å². The Morgan fingerprint density at radius 1 is 1.28 bits per heavy atom. The molecule has 0 radical (unpaired) electrons. The zero-order valence-electron chi connectivity index (χ0n) is 19.8. The zero-order chi connectivity index (χ0) is 22.2. The molecule has 1 aromatic carbocycles. The molecule has 0 bridgehead atoms. The van der Waals surface area contributed by atoms with Gasteiger partial charge in [0.25, 0.3) is 0 Å². The van der Waals surface area contributed by atoms with Crippen LogP contribution in [-0.4, -0.2) is 51.8 Å². The van der Waals surface area contributed by atoms with Crippen molar-refractivity contribution >= 4 is 41.3 Å². The third-order valence-electron chi connectivity index (χ3n) is 5.93. The minimum absolute atomic E-state index is 0. The first-order chi connectivity index (χ1) is 15.1. The van der Waals surface area contributed by atoms with Gasteiger partial charge >= 0.3 is 0 Å². The van der Waals surface area contributed by atoms with Crippen LogP contribution in [0.25, 0.3) is 0 Å². The van der Waals surface area contributed by atoms with Crippen molar-refractivity contribution in [2.75, 3.05) is 40.9 Å².